The number of carbonyl (C=O) groups excluding carboxylic acids is 1. The van der Waals surface area contributed by atoms with E-state index in [0.717, 1.165) is 5.56 Å². The van der Waals surface area contributed by atoms with Crippen LogP contribution in [0.25, 0.3) is 0 Å². The maximum absolute atomic E-state index is 12.2. The molecule has 0 radical (unpaired) electrons. The fraction of sp³-hybridized carbons (Fsp3) is 0.200. The smallest absolute Gasteiger partial charge is 0.255 e. The third-order valence-electron chi connectivity index (χ3n) is 3.00. The second kappa shape index (κ2) is 6.16. The van der Waals surface area contributed by atoms with Crippen LogP contribution < -0.4 is 10.1 Å². The number of aryl methyl sites for hydroxylation is 1. The van der Waals surface area contributed by atoms with Gasteiger partial charge in [0, 0.05) is 17.3 Å². The van der Waals surface area contributed by atoms with Crippen LogP contribution in [0.5, 0.6) is 5.75 Å². The lowest BCUT2D eigenvalue weighted by atomic mass is 10.1. The van der Waals surface area contributed by atoms with Gasteiger partial charge >= 0.3 is 0 Å². The summed E-state index contributed by atoms with van der Waals surface area (Å²) in [5, 5.41) is 12.0. The molecule has 2 N–H and O–H groups in total. The summed E-state index contributed by atoms with van der Waals surface area (Å²) in [4.78, 5) is 16.1. The van der Waals surface area contributed by atoms with Crippen LogP contribution in [-0.2, 0) is 6.61 Å². The lowest BCUT2D eigenvalue weighted by Crippen LogP contribution is -2.13. The molecule has 0 saturated carbocycles. The van der Waals surface area contributed by atoms with Gasteiger partial charge in [0.1, 0.15) is 5.75 Å². The highest BCUT2D eigenvalue weighted by Crippen LogP contribution is 2.20. The highest BCUT2D eigenvalue weighted by molar-refractivity contribution is 6.04. The van der Waals surface area contributed by atoms with Crippen molar-refractivity contribution in [1.29, 1.82) is 0 Å². The first-order valence-electron chi connectivity index (χ1n) is 6.15. The molecule has 2 rings (SSSR count). The molecule has 0 aliphatic rings. The number of methoxy groups -OCH3 is 1. The van der Waals surface area contributed by atoms with Crippen molar-refractivity contribution in [3.63, 3.8) is 0 Å². The maximum Gasteiger partial charge on any atom is 0.255 e. The average molecular weight is 272 g/mol. The molecule has 0 fully saturated rings. The molecule has 0 saturated heterocycles. The number of hydrogen-bond acceptors (Lipinski definition) is 4. The molecule has 0 bridgehead atoms. The molecular weight excluding hydrogens is 256 g/mol. The first-order valence-corrected chi connectivity index (χ1v) is 6.15. The predicted molar refractivity (Wildman–Crippen MR) is 75.8 cm³/mol. The number of amides is 1. The van der Waals surface area contributed by atoms with Crippen molar-refractivity contribution >= 4 is 11.6 Å². The zero-order valence-corrected chi connectivity index (χ0v) is 11.4. The van der Waals surface area contributed by atoms with E-state index in [0.29, 0.717) is 22.6 Å². The van der Waals surface area contributed by atoms with Gasteiger partial charge < -0.3 is 15.2 Å². The molecule has 5 nitrogen and oxygen atoms in total. The molecule has 1 aromatic carbocycles. The van der Waals surface area contributed by atoms with Crippen molar-refractivity contribution in [2.45, 2.75) is 13.5 Å². The predicted octanol–water partition coefficient (Wildman–Crippen LogP) is 2.14. The van der Waals surface area contributed by atoms with Gasteiger partial charge in [0.15, 0.2) is 0 Å². The monoisotopic (exact) mass is 272 g/mol. The first kappa shape index (κ1) is 14.0. The summed E-state index contributed by atoms with van der Waals surface area (Å²) in [7, 11) is 1.56. The molecule has 1 amide bonds. The van der Waals surface area contributed by atoms with Crippen LogP contribution >= 0.6 is 0 Å². The molecule has 0 aliphatic carbocycles. The summed E-state index contributed by atoms with van der Waals surface area (Å²) in [6, 6.07) is 6.89. The highest BCUT2D eigenvalue weighted by Gasteiger charge is 2.11. The van der Waals surface area contributed by atoms with Crippen LogP contribution in [0.2, 0.25) is 0 Å². The zero-order chi connectivity index (χ0) is 14.5. The summed E-state index contributed by atoms with van der Waals surface area (Å²) in [5.74, 6) is 0.386. The van der Waals surface area contributed by atoms with Gasteiger partial charge in [0.05, 0.1) is 25.6 Å². The number of ether oxygens (including phenoxy) is 1. The Hall–Kier alpha value is -2.40. The Morgan fingerprint density at radius 1 is 1.40 bits per heavy atom. The van der Waals surface area contributed by atoms with Crippen LogP contribution in [0.4, 0.5) is 5.69 Å². The topological polar surface area (TPSA) is 71.5 Å². The molecule has 104 valence electrons. The van der Waals surface area contributed by atoms with Gasteiger partial charge in [-0.05, 0) is 30.7 Å². The third kappa shape index (κ3) is 2.95. The van der Waals surface area contributed by atoms with Crippen LogP contribution in [0.15, 0.2) is 36.7 Å². The van der Waals surface area contributed by atoms with Crippen LogP contribution in [0.1, 0.15) is 21.5 Å². The lowest BCUT2D eigenvalue weighted by molar-refractivity contribution is 0.102. The quantitative estimate of drug-likeness (QED) is 0.894. The number of pyridine rings is 1. The second-order valence-electron chi connectivity index (χ2n) is 4.33. The molecule has 2 aromatic rings. The van der Waals surface area contributed by atoms with Gasteiger partial charge in [0.2, 0.25) is 0 Å². The van der Waals surface area contributed by atoms with E-state index in [1.807, 2.05) is 13.0 Å². The van der Waals surface area contributed by atoms with Crippen molar-refractivity contribution in [2.24, 2.45) is 0 Å². The number of anilines is 1. The summed E-state index contributed by atoms with van der Waals surface area (Å²) < 4.78 is 5.20. The minimum atomic E-state index is -0.272. The molecule has 0 unspecified atom stereocenters. The fourth-order valence-corrected chi connectivity index (χ4v) is 1.83. The summed E-state index contributed by atoms with van der Waals surface area (Å²) >= 11 is 0. The highest BCUT2D eigenvalue weighted by atomic mass is 16.5. The van der Waals surface area contributed by atoms with Gasteiger partial charge in [-0.2, -0.15) is 0 Å². The van der Waals surface area contributed by atoms with E-state index >= 15 is 0 Å². The van der Waals surface area contributed by atoms with E-state index in [4.69, 9.17) is 4.74 Å². The van der Waals surface area contributed by atoms with E-state index in [2.05, 4.69) is 10.3 Å². The molecule has 1 heterocycles. The number of aliphatic hydroxyl groups excluding tert-OH is 1. The average Bonchev–Trinajstić information content (AvgIpc) is 2.48. The number of aromatic nitrogens is 1. The molecular formula is C15H16N2O3. The number of nitrogens with zero attached hydrogens (tertiary/aromatic N) is 1. The number of nitrogens with one attached hydrogen (secondary N) is 1. The molecule has 5 heteroatoms. The first-order chi connectivity index (χ1) is 9.65. The molecule has 1 aromatic heterocycles. The van der Waals surface area contributed by atoms with E-state index in [9.17, 15) is 9.90 Å². The van der Waals surface area contributed by atoms with Crippen molar-refractivity contribution in [1.82, 2.24) is 4.98 Å². The van der Waals surface area contributed by atoms with Crippen LogP contribution in [0, 0.1) is 6.92 Å². The van der Waals surface area contributed by atoms with E-state index in [1.54, 1.807) is 31.5 Å². The lowest BCUT2D eigenvalue weighted by Gasteiger charge is -2.10. The van der Waals surface area contributed by atoms with Crippen molar-refractivity contribution in [2.75, 3.05) is 12.4 Å². The van der Waals surface area contributed by atoms with Crippen molar-refractivity contribution < 1.29 is 14.6 Å². The molecule has 0 aliphatic heterocycles. The summed E-state index contributed by atoms with van der Waals surface area (Å²) in [6.07, 6.45) is 3.07. The normalized spacial score (nSPS) is 10.2. The minimum Gasteiger partial charge on any atom is -0.496 e. The van der Waals surface area contributed by atoms with Crippen molar-refractivity contribution in [3.05, 3.63) is 53.3 Å². The standard InChI is InChI=1S/C15H16N2O3/c1-10-3-4-11(7-14(10)20-2)15(19)17-13-8-16-6-5-12(13)9-18/h3-8,18H,9H2,1-2H3,(H,17,19). The Kier molecular flexibility index (Phi) is 4.32. The number of carbonyl (C=O) groups is 1. The van der Waals surface area contributed by atoms with Gasteiger partial charge in [0.25, 0.3) is 5.91 Å². The number of aliphatic hydroxyl groups is 1. The van der Waals surface area contributed by atoms with Crippen molar-refractivity contribution in [3.8, 4) is 5.75 Å². The molecule has 0 spiro atoms. The summed E-state index contributed by atoms with van der Waals surface area (Å²) in [6.45, 7) is 1.75. The maximum atomic E-state index is 12.2. The number of hydrogen-bond donors (Lipinski definition) is 2. The van der Waals surface area contributed by atoms with E-state index < -0.39 is 0 Å². The largest absolute Gasteiger partial charge is 0.496 e. The number of benzene rings is 1. The Bertz CT molecular complexity index is 626. The molecule has 20 heavy (non-hydrogen) atoms. The zero-order valence-electron chi connectivity index (χ0n) is 11.4. The fourth-order valence-electron chi connectivity index (χ4n) is 1.83. The van der Waals surface area contributed by atoms with Gasteiger partial charge in [-0.1, -0.05) is 6.07 Å². The Morgan fingerprint density at radius 2 is 2.20 bits per heavy atom. The minimum absolute atomic E-state index is 0.157. The Morgan fingerprint density at radius 3 is 2.90 bits per heavy atom. The third-order valence-corrected chi connectivity index (χ3v) is 3.00. The summed E-state index contributed by atoms with van der Waals surface area (Å²) in [5.41, 5.74) is 2.56. The molecule has 0 atom stereocenters. The van der Waals surface area contributed by atoms with Crippen LogP contribution in [-0.4, -0.2) is 23.1 Å². The van der Waals surface area contributed by atoms with E-state index in [-0.39, 0.29) is 12.5 Å². The van der Waals surface area contributed by atoms with Gasteiger partial charge in [-0.3, -0.25) is 9.78 Å². The SMILES string of the molecule is COc1cc(C(=O)Nc2cnccc2CO)ccc1C. The second-order valence-corrected chi connectivity index (χ2v) is 4.33. The Labute approximate surface area is 117 Å². The van der Waals surface area contributed by atoms with E-state index in [1.165, 1.54) is 6.20 Å². The number of rotatable bonds is 4. The van der Waals surface area contributed by atoms with Gasteiger partial charge in [-0.25, -0.2) is 0 Å². The van der Waals surface area contributed by atoms with Crippen LogP contribution in [0.3, 0.4) is 0 Å². The van der Waals surface area contributed by atoms with Gasteiger partial charge in [-0.15, -0.1) is 0 Å². The Balaban J connectivity index is 2.24.